The van der Waals surface area contributed by atoms with Crippen LogP contribution in [-0.4, -0.2) is 22.9 Å². The van der Waals surface area contributed by atoms with E-state index in [0.717, 1.165) is 0 Å². The third kappa shape index (κ3) is 8.68. The third-order valence-corrected chi connectivity index (χ3v) is 1.44. The number of hydrogen-bond acceptors (Lipinski definition) is 4. The van der Waals surface area contributed by atoms with Crippen LogP contribution < -0.4 is 5.73 Å². The molecule has 0 saturated carbocycles. The largest absolute Gasteiger partial charge is 0.480 e. The van der Waals surface area contributed by atoms with Crippen molar-refractivity contribution in [3.8, 4) is 6.07 Å². The normalized spacial score (nSPS) is 12.8. The Balaban J connectivity index is 0. The van der Waals surface area contributed by atoms with Crippen LogP contribution in [0.15, 0.2) is 0 Å². The van der Waals surface area contributed by atoms with Gasteiger partial charge < -0.3 is 10.8 Å². The first-order valence-corrected chi connectivity index (χ1v) is 4.25. The van der Waals surface area contributed by atoms with Crippen LogP contribution in [0.1, 0.15) is 27.2 Å². The quantitative estimate of drug-likeness (QED) is 0.692. The van der Waals surface area contributed by atoms with E-state index < -0.39 is 12.0 Å². The second kappa shape index (κ2) is 8.20. The lowest BCUT2D eigenvalue weighted by Gasteiger charge is -1.95. The summed E-state index contributed by atoms with van der Waals surface area (Å²) in [6, 6.07) is 1.17. The highest BCUT2D eigenvalue weighted by Crippen LogP contribution is 1.99. The number of Topliss-reactive ketones (excluding diaryl/α,β-unsaturated/α-hetero) is 1. The van der Waals surface area contributed by atoms with Crippen LogP contribution in [0, 0.1) is 17.2 Å². The maximum absolute atomic E-state index is 10.4. The zero-order chi connectivity index (χ0) is 11.7. The van der Waals surface area contributed by atoms with Crippen molar-refractivity contribution in [2.75, 3.05) is 0 Å². The number of carbonyl (C=O) groups excluding carboxylic acids is 1. The van der Waals surface area contributed by atoms with Gasteiger partial charge in [-0.3, -0.25) is 9.59 Å². The van der Waals surface area contributed by atoms with Gasteiger partial charge in [0.15, 0.2) is 0 Å². The summed E-state index contributed by atoms with van der Waals surface area (Å²) in [4.78, 5) is 20.0. The summed E-state index contributed by atoms with van der Waals surface area (Å²) in [5.41, 5.74) is 4.84. The fourth-order valence-corrected chi connectivity index (χ4v) is 0.470. The lowest BCUT2D eigenvalue weighted by Crippen LogP contribution is -2.25. The van der Waals surface area contributed by atoms with Crippen LogP contribution in [0.2, 0.25) is 0 Å². The monoisotopic (exact) mass is 200 g/mol. The number of nitrogens with two attached hydrogens (primary N) is 1. The van der Waals surface area contributed by atoms with Crippen molar-refractivity contribution in [1.29, 1.82) is 5.26 Å². The van der Waals surface area contributed by atoms with Gasteiger partial charge in [-0.15, -0.1) is 0 Å². The van der Waals surface area contributed by atoms with Crippen molar-refractivity contribution >= 4 is 11.8 Å². The highest BCUT2D eigenvalue weighted by molar-refractivity contribution is 5.80. The smallest absolute Gasteiger partial charge is 0.320 e. The molecule has 0 saturated heterocycles. The maximum atomic E-state index is 10.4. The van der Waals surface area contributed by atoms with Crippen LogP contribution >= 0.6 is 0 Å². The first-order chi connectivity index (χ1) is 6.36. The van der Waals surface area contributed by atoms with E-state index in [-0.39, 0.29) is 11.7 Å². The summed E-state index contributed by atoms with van der Waals surface area (Å²) in [6.45, 7) is 4.69. The summed E-state index contributed by atoms with van der Waals surface area (Å²) in [7, 11) is 0. The molecule has 0 amide bonds. The van der Waals surface area contributed by atoms with Gasteiger partial charge in [0, 0.05) is 0 Å². The van der Waals surface area contributed by atoms with E-state index >= 15 is 0 Å². The Morgan fingerprint density at radius 1 is 1.57 bits per heavy atom. The van der Waals surface area contributed by atoms with Crippen molar-refractivity contribution < 1.29 is 14.7 Å². The van der Waals surface area contributed by atoms with E-state index in [1.165, 1.54) is 13.8 Å². The molecule has 0 aliphatic heterocycles. The van der Waals surface area contributed by atoms with E-state index in [4.69, 9.17) is 16.1 Å². The Hall–Kier alpha value is -1.41. The number of hydrogen-bond donors (Lipinski definition) is 2. The molecule has 3 N–H and O–H groups in total. The van der Waals surface area contributed by atoms with Crippen molar-refractivity contribution in [3.05, 3.63) is 0 Å². The zero-order valence-corrected chi connectivity index (χ0v) is 8.65. The fourth-order valence-electron chi connectivity index (χ4n) is 0.470. The topological polar surface area (TPSA) is 104 Å². The van der Waals surface area contributed by atoms with E-state index in [2.05, 4.69) is 0 Å². The Kier molecular flexibility index (Phi) is 8.83. The number of carboxylic acid groups (broad SMARTS) is 1. The van der Waals surface area contributed by atoms with E-state index in [1.54, 1.807) is 0 Å². The molecular weight excluding hydrogens is 184 g/mol. The second-order valence-corrected chi connectivity index (χ2v) is 2.83. The van der Waals surface area contributed by atoms with E-state index in [9.17, 15) is 9.59 Å². The number of carbonyl (C=O) groups is 2. The molecule has 5 heteroatoms. The molecule has 0 spiro atoms. The zero-order valence-electron chi connectivity index (χ0n) is 8.65. The summed E-state index contributed by atoms with van der Waals surface area (Å²) in [5, 5.41) is 16.1. The molecule has 5 nitrogen and oxygen atoms in total. The Labute approximate surface area is 83.5 Å². The number of carboxylic acids is 1. The molecule has 80 valence electrons. The molecule has 0 fully saturated rings. The van der Waals surface area contributed by atoms with Crippen LogP contribution in [0.5, 0.6) is 0 Å². The van der Waals surface area contributed by atoms with E-state index in [1.807, 2.05) is 13.0 Å². The van der Waals surface area contributed by atoms with Gasteiger partial charge in [-0.2, -0.15) is 5.26 Å². The SMILES string of the molecule is CC(N)C(=O)O.CCC(C#N)C(C)=O. The molecule has 0 aliphatic carbocycles. The van der Waals surface area contributed by atoms with Gasteiger partial charge in [0.25, 0.3) is 0 Å². The standard InChI is InChI=1S/C6H9NO.C3H7NO2/c1-3-6(4-7)5(2)8;1-2(4)3(5)6/h6H,3H2,1-2H3;2H,4H2,1H3,(H,5,6). The molecule has 0 aromatic rings. The number of aliphatic carboxylic acids is 1. The first kappa shape index (κ1) is 15.1. The minimum absolute atomic E-state index is 0.0324. The van der Waals surface area contributed by atoms with Gasteiger partial charge in [0.2, 0.25) is 0 Å². The summed E-state index contributed by atoms with van der Waals surface area (Å²) in [5.74, 6) is -1.38. The molecular formula is C9H16N2O3. The maximum Gasteiger partial charge on any atom is 0.320 e. The highest BCUT2D eigenvalue weighted by atomic mass is 16.4. The first-order valence-electron chi connectivity index (χ1n) is 4.25. The average molecular weight is 200 g/mol. The van der Waals surface area contributed by atoms with Gasteiger partial charge in [-0.05, 0) is 20.3 Å². The number of ketones is 1. The minimum atomic E-state index is -0.963. The third-order valence-electron chi connectivity index (χ3n) is 1.44. The Bertz CT molecular complexity index is 231. The second-order valence-electron chi connectivity index (χ2n) is 2.83. The molecule has 0 aromatic heterocycles. The van der Waals surface area contributed by atoms with Crippen molar-refractivity contribution in [2.45, 2.75) is 33.2 Å². The lowest BCUT2D eigenvalue weighted by atomic mass is 10.1. The molecule has 0 aliphatic rings. The molecule has 2 atom stereocenters. The Morgan fingerprint density at radius 3 is 1.93 bits per heavy atom. The van der Waals surface area contributed by atoms with E-state index in [0.29, 0.717) is 6.42 Å². The fraction of sp³-hybridized carbons (Fsp3) is 0.667. The minimum Gasteiger partial charge on any atom is -0.480 e. The predicted molar refractivity (Wildman–Crippen MR) is 51.4 cm³/mol. The molecule has 0 aromatic carbocycles. The summed E-state index contributed by atoms with van der Waals surface area (Å²) >= 11 is 0. The molecule has 0 radical (unpaired) electrons. The number of rotatable bonds is 3. The molecule has 2 unspecified atom stereocenters. The van der Waals surface area contributed by atoms with Crippen LogP contribution in [0.3, 0.4) is 0 Å². The highest BCUT2D eigenvalue weighted by Gasteiger charge is 2.07. The van der Waals surface area contributed by atoms with Crippen molar-refractivity contribution in [3.63, 3.8) is 0 Å². The van der Waals surface area contributed by atoms with Crippen molar-refractivity contribution in [1.82, 2.24) is 0 Å². The van der Waals surface area contributed by atoms with Gasteiger partial charge in [-0.1, -0.05) is 6.92 Å². The van der Waals surface area contributed by atoms with Gasteiger partial charge >= 0.3 is 5.97 Å². The summed E-state index contributed by atoms with van der Waals surface area (Å²) in [6.07, 6.45) is 0.631. The van der Waals surface area contributed by atoms with Crippen LogP contribution in [0.4, 0.5) is 0 Å². The van der Waals surface area contributed by atoms with Crippen LogP contribution in [0.25, 0.3) is 0 Å². The average Bonchev–Trinajstić information content (AvgIpc) is 2.06. The van der Waals surface area contributed by atoms with Gasteiger partial charge in [-0.25, -0.2) is 0 Å². The predicted octanol–water partition coefficient (Wildman–Crippen LogP) is 0.543. The molecule has 0 heterocycles. The number of nitriles is 1. The molecule has 14 heavy (non-hydrogen) atoms. The molecule has 0 rings (SSSR count). The Morgan fingerprint density at radius 2 is 1.93 bits per heavy atom. The summed E-state index contributed by atoms with van der Waals surface area (Å²) < 4.78 is 0. The van der Waals surface area contributed by atoms with Crippen LogP contribution in [-0.2, 0) is 9.59 Å². The lowest BCUT2D eigenvalue weighted by molar-refractivity contribution is -0.138. The van der Waals surface area contributed by atoms with Gasteiger partial charge in [0.05, 0.1) is 6.07 Å². The number of nitrogens with zero attached hydrogens (tertiary/aromatic N) is 1. The van der Waals surface area contributed by atoms with Crippen molar-refractivity contribution in [2.24, 2.45) is 11.7 Å². The molecule has 0 bridgehead atoms. The van der Waals surface area contributed by atoms with Gasteiger partial charge in [0.1, 0.15) is 17.7 Å².